The molecule has 0 aliphatic rings. The largest absolute Gasteiger partial charge is 0.497 e. The number of halogens is 2. The lowest BCUT2D eigenvalue weighted by Gasteiger charge is -2.09. The normalized spacial score (nSPS) is 10.5. The van der Waals surface area contributed by atoms with Gasteiger partial charge in [-0.05, 0) is 93.2 Å². The van der Waals surface area contributed by atoms with Crippen molar-refractivity contribution in [2.24, 2.45) is 0 Å². The maximum Gasteiger partial charge on any atom is 0.266 e. The topological polar surface area (TPSA) is 95.1 Å². The van der Waals surface area contributed by atoms with Gasteiger partial charge in [0.1, 0.15) is 29.2 Å². The van der Waals surface area contributed by atoms with Crippen LogP contribution in [-0.2, 0) is 4.79 Å². The summed E-state index contributed by atoms with van der Waals surface area (Å²) in [5, 5.41) is 20.7. The first kappa shape index (κ1) is 21.0. The molecule has 1 amide bonds. The van der Waals surface area contributed by atoms with Gasteiger partial charge < -0.3 is 14.8 Å². The van der Waals surface area contributed by atoms with E-state index in [4.69, 9.17) is 14.7 Å². The molecular formula is C19H13I2N3O3. The van der Waals surface area contributed by atoms with Crippen molar-refractivity contribution in [3.05, 3.63) is 54.7 Å². The van der Waals surface area contributed by atoms with Crippen LogP contribution in [0.5, 0.6) is 11.5 Å². The molecule has 0 heterocycles. The van der Waals surface area contributed by atoms with Gasteiger partial charge >= 0.3 is 0 Å². The minimum Gasteiger partial charge on any atom is -0.497 e. The average Bonchev–Trinajstić information content (AvgIpc) is 2.66. The molecule has 0 spiro atoms. The number of carbonyl (C=O) groups is 1. The third kappa shape index (κ3) is 5.84. The molecular weight excluding hydrogens is 572 g/mol. The van der Waals surface area contributed by atoms with Crippen molar-refractivity contribution in [3.63, 3.8) is 0 Å². The van der Waals surface area contributed by atoms with Crippen LogP contribution in [0.15, 0.2) is 42.0 Å². The SMILES string of the molecule is COc1ccc(NC(=O)/C(C#N)=C\c2cc(I)c(OCC#N)c(I)c2)cc1. The van der Waals surface area contributed by atoms with Crippen LogP contribution >= 0.6 is 45.2 Å². The molecule has 0 aliphatic heterocycles. The molecule has 0 bridgehead atoms. The second-order valence-electron chi connectivity index (χ2n) is 5.11. The number of carbonyl (C=O) groups excluding carboxylic acids is 1. The van der Waals surface area contributed by atoms with E-state index in [0.29, 0.717) is 22.7 Å². The lowest BCUT2D eigenvalue weighted by Crippen LogP contribution is -2.13. The maximum atomic E-state index is 12.4. The van der Waals surface area contributed by atoms with Crippen molar-refractivity contribution < 1.29 is 14.3 Å². The van der Waals surface area contributed by atoms with Gasteiger partial charge in [0.2, 0.25) is 0 Å². The van der Waals surface area contributed by atoms with Gasteiger partial charge in [0, 0.05) is 5.69 Å². The first-order valence-corrected chi connectivity index (χ1v) is 9.70. The molecule has 6 nitrogen and oxygen atoms in total. The van der Waals surface area contributed by atoms with Gasteiger partial charge in [0.25, 0.3) is 5.91 Å². The predicted molar refractivity (Wildman–Crippen MR) is 118 cm³/mol. The number of hydrogen-bond acceptors (Lipinski definition) is 5. The molecule has 1 N–H and O–H groups in total. The van der Waals surface area contributed by atoms with Gasteiger partial charge in [0.15, 0.2) is 6.61 Å². The average molecular weight is 585 g/mol. The number of anilines is 1. The molecule has 0 saturated carbocycles. The van der Waals surface area contributed by atoms with Crippen LogP contribution < -0.4 is 14.8 Å². The fraction of sp³-hybridized carbons (Fsp3) is 0.105. The molecule has 2 aromatic rings. The zero-order valence-corrected chi connectivity index (χ0v) is 18.4. The molecule has 0 saturated heterocycles. The number of rotatable bonds is 6. The van der Waals surface area contributed by atoms with Gasteiger partial charge in [-0.1, -0.05) is 0 Å². The van der Waals surface area contributed by atoms with Gasteiger partial charge in [-0.3, -0.25) is 4.79 Å². The van der Waals surface area contributed by atoms with Gasteiger partial charge in [-0.25, -0.2) is 0 Å². The van der Waals surface area contributed by atoms with E-state index in [1.807, 2.05) is 12.1 Å². The third-order valence-corrected chi connectivity index (χ3v) is 4.93. The summed E-state index contributed by atoms with van der Waals surface area (Å²) in [6, 6.07) is 14.2. The molecule has 0 aromatic heterocycles. The fourth-order valence-electron chi connectivity index (χ4n) is 2.09. The maximum absolute atomic E-state index is 12.4. The summed E-state index contributed by atoms with van der Waals surface area (Å²) < 4.78 is 12.0. The molecule has 0 aliphatic carbocycles. The van der Waals surface area contributed by atoms with Crippen molar-refractivity contribution >= 4 is 62.9 Å². The second kappa shape index (κ2) is 10.1. The number of nitrogens with zero attached hydrogens (tertiary/aromatic N) is 2. The molecule has 0 atom stereocenters. The van der Waals surface area contributed by atoms with Crippen LogP contribution in [0.1, 0.15) is 5.56 Å². The molecule has 0 fully saturated rings. The summed E-state index contributed by atoms with van der Waals surface area (Å²) in [6.07, 6.45) is 1.51. The minimum atomic E-state index is -0.502. The van der Waals surface area contributed by atoms with Crippen LogP contribution in [0.25, 0.3) is 6.08 Å². The van der Waals surface area contributed by atoms with Crippen molar-refractivity contribution in [1.29, 1.82) is 10.5 Å². The second-order valence-corrected chi connectivity index (χ2v) is 7.44. The first-order chi connectivity index (χ1) is 13.0. The third-order valence-electron chi connectivity index (χ3n) is 3.33. The van der Waals surface area contributed by atoms with Crippen LogP contribution in [0.4, 0.5) is 5.69 Å². The van der Waals surface area contributed by atoms with E-state index in [2.05, 4.69) is 50.5 Å². The van der Waals surface area contributed by atoms with Crippen molar-refractivity contribution in [1.82, 2.24) is 0 Å². The Hall–Kier alpha value is -2.31. The van der Waals surface area contributed by atoms with E-state index in [1.54, 1.807) is 43.5 Å². The minimum absolute atomic E-state index is 0.0249. The summed E-state index contributed by atoms with van der Waals surface area (Å²) in [5.41, 5.74) is 1.23. The van der Waals surface area contributed by atoms with E-state index in [0.717, 1.165) is 7.14 Å². The Kier molecular flexibility index (Phi) is 7.88. The molecule has 0 unspecified atom stereocenters. The number of nitrogens with one attached hydrogen (secondary N) is 1. The van der Waals surface area contributed by atoms with Gasteiger partial charge in [-0.2, -0.15) is 10.5 Å². The van der Waals surface area contributed by atoms with Gasteiger partial charge in [-0.15, -0.1) is 0 Å². The molecule has 136 valence electrons. The molecule has 0 radical (unpaired) electrons. The summed E-state index contributed by atoms with van der Waals surface area (Å²) in [7, 11) is 1.56. The molecule has 2 aromatic carbocycles. The van der Waals surface area contributed by atoms with E-state index in [9.17, 15) is 10.1 Å². The highest BCUT2D eigenvalue weighted by Crippen LogP contribution is 2.30. The Balaban J connectivity index is 2.23. The van der Waals surface area contributed by atoms with Crippen LogP contribution in [0.3, 0.4) is 0 Å². The highest BCUT2D eigenvalue weighted by molar-refractivity contribution is 14.1. The Bertz CT molecular complexity index is 935. The number of ether oxygens (including phenoxy) is 2. The quantitative estimate of drug-likeness (QED) is 0.309. The van der Waals surface area contributed by atoms with E-state index < -0.39 is 5.91 Å². The lowest BCUT2D eigenvalue weighted by atomic mass is 10.1. The molecule has 27 heavy (non-hydrogen) atoms. The predicted octanol–water partition coefficient (Wildman–Crippen LogP) is 4.35. The molecule has 2 rings (SSSR count). The summed E-state index contributed by atoms with van der Waals surface area (Å²) in [4.78, 5) is 12.4. The smallest absolute Gasteiger partial charge is 0.266 e. The standard InChI is InChI=1S/C19H13I2N3O3/c1-26-15-4-2-14(3-5-15)24-19(25)13(11-23)8-12-9-16(20)18(17(21)10-12)27-7-6-22/h2-5,8-10H,7H2,1H3,(H,24,25)/b13-8-. The highest BCUT2D eigenvalue weighted by atomic mass is 127. The summed E-state index contributed by atoms with van der Waals surface area (Å²) in [6.45, 7) is -0.0467. The number of hydrogen-bond donors (Lipinski definition) is 1. The van der Waals surface area contributed by atoms with Gasteiger partial charge in [0.05, 0.1) is 14.3 Å². The first-order valence-electron chi connectivity index (χ1n) is 7.54. The summed E-state index contributed by atoms with van der Waals surface area (Å²) >= 11 is 4.18. The van der Waals surface area contributed by atoms with E-state index in [1.165, 1.54) is 6.08 Å². The number of benzene rings is 2. The van der Waals surface area contributed by atoms with Crippen LogP contribution in [-0.4, -0.2) is 19.6 Å². The van der Waals surface area contributed by atoms with Crippen molar-refractivity contribution in [3.8, 4) is 23.6 Å². The van der Waals surface area contributed by atoms with Crippen LogP contribution in [0, 0.1) is 29.8 Å². The summed E-state index contributed by atoms with van der Waals surface area (Å²) in [5.74, 6) is 0.778. The van der Waals surface area contributed by atoms with Crippen molar-refractivity contribution in [2.75, 3.05) is 19.0 Å². The molecule has 8 heteroatoms. The van der Waals surface area contributed by atoms with Crippen LogP contribution in [0.2, 0.25) is 0 Å². The van der Waals surface area contributed by atoms with E-state index in [-0.39, 0.29) is 12.2 Å². The zero-order valence-electron chi connectivity index (χ0n) is 14.1. The number of amides is 1. The van der Waals surface area contributed by atoms with E-state index >= 15 is 0 Å². The highest BCUT2D eigenvalue weighted by Gasteiger charge is 2.12. The zero-order chi connectivity index (χ0) is 19.8. The fourth-order valence-corrected chi connectivity index (χ4v) is 4.22. The Morgan fingerprint density at radius 3 is 2.33 bits per heavy atom. The lowest BCUT2D eigenvalue weighted by molar-refractivity contribution is -0.112. The Morgan fingerprint density at radius 2 is 1.81 bits per heavy atom. The Morgan fingerprint density at radius 1 is 1.19 bits per heavy atom. The number of nitriles is 2. The van der Waals surface area contributed by atoms with Crippen molar-refractivity contribution in [2.45, 2.75) is 0 Å². The Labute approximate surface area is 184 Å². The number of methoxy groups -OCH3 is 1. The monoisotopic (exact) mass is 585 g/mol.